The maximum absolute atomic E-state index is 10.6. The lowest BCUT2D eigenvalue weighted by molar-refractivity contribution is -0.516. The summed E-state index contributed by atoms with van der Waals surface area (Å²) in [6.07, 6.45) is 0. The highest BCUT2D eigenvalue weighted by Crippen LogP contribution is 2.17. The Balaban J connectivity index is 3.06. The summed E-state index contributed by atoms with van der Waals surface area (Å²) in [5.41, 5.74) is 5.90. The number of benzene rings is 1. The molecule has 0 aliphatic carbocycles. The SMILES string of the molecule is Nc1ccc(C(C(=O)O)[N+](=O)[O-])cc1. The van der Waals surface area contributed by atoms with Crippen LogP contribution in [-0.2, 0) is 4.79 Å². The molecule has 6 heteroatoms. The Labute approximate surface area is 79.1 Å². The maximum Gasteiger partial charge on any atom is 0.384 e. The van der Waals surface area contributed by atoms with Crippen LogP contribution in [0.15, 0.2) is 24.3 Å². The van der Waals surface area contributed by atoms with Crippen molar-refractivity contribution < 1.29 is 14.8 Å². The smallest absolute Gasteiger partial charge is 0.384 e. The summed E-state index contributed by atoms with van der Waals surface area (Å²) in [7, 11) is 0. The highest BCUT2D eigenvalue weighted by atomic mass is 16.6. The van der Waals surface area contributed by atoms with E-state index < -0.39 is 16.9 Å². The number of carbonyl (C=O) groups is 1. The first-order chi connectivity index (χ1) is 6.52. The molecule has 6 nitrogen and oxygen atoms in total. The minimum absolute atomic E-state index is 0.108. The average molecular weight is 196 g/mol. The van der Waals surface area contributed by atoms with Crippen molar-refractivity contribution in [3.8, 4) is 0 Å². The second-order valence-corrected chi connectivity index (χ2v) is 2.69. The molecule has 0 bridgehead atoms. The first kappa shape index (κ1) is 9.97. The molecule has 0 aromatic heterocycles. The average Bonchev–Trinajstić information content (AvgIpc) is 2.07. The third kappa shape index (κ3) is 1.98. The predicted octanol–water partition coefficient (Wildman–Crippen LogP) is 0.671. The zero-order chi connectivity index (χ0) is 10.7. The lowest BCUT2D eigenvalue weighted by Crippen LogP contribution is -2.20. The number of nitro groups is 1. The summed E-state index contributed by atoms with van der Waals surface area (Å²) in [6, 6.07) is 3.78. The number of anilines is 1. The number of aliphatic carboxylic acids is 1. The van der Waals surface area contributed by atoms with Crippen molar-refractivity contribution in [3.05, 3.63) is 39.9 Å². The van der Waals surface area contributed by atoms with Crippen molar-refractivity contribution in [1.29, 1.82) is 0 Å². The van der Waals surface area contributed by atoms with Crippen LogP contribution in [-0.4, -0.2) is 16.0 Å². The molecule has 0 saturated carbocycles. The number of hydrogen-bond acceptors (Lipinski definition) is 4. The van der Waals surface area contributed by atoms with Crippen LogP contribution in [0.5, 0.6) is 0 Å². The number of nitrogen functional groups attached to an aromatic ring is 1. The van der Waals surface area contributed by atoms with E-state index in [9.17, 15) is 14.9 Å². The quantitative estimate of drug-likeness (QED) is 0.419. The van der Waals surface area contributed by atoms with Crippen LogP contribution in [0.3, 0.4) is 0 Å². The molecule has 0 saturated heterocycles. The first-order valence-corrected chi connectivity index (χ1v) is 3.74. The zero-order valence-electron chi connectivity index (χ0n) is 7.08. The number of rotatable bonds is 3. The fourth-order valence-electron chi connectivity index (χ4n) is 1.03. The van der Waals surface area contributed by atoms with Crippen molar-refractivity contribution in [2.24, 2.45) is 0 Å². The summed E-state index contributed by atoms with van der Waals surface area (Å²) in [5.74, 6) is -1.49. The fourth-order valence-corrected chi connectivity index (χ4v) is 1.03. The van der Waals surface area contributed by atoms with Gasteiger partial charge in [0.25, 0.3) is 0 Å². The molecule has 3 N–H and O–H groups in total. The molecule has 1 aromatic carbocycles. The Morgan fingerprint density at radius 2 is 1.93 bits per heavy atom. The second-order valence-electron chi connectivity index (χ2n) is 2.69. The highest BCUT2D eigenvalue weighted by molar-refractivity contribution is 5.74. The molecule has 0 aliphatic heterocycles. The number of carboxylic acids is 1. The number of nitrogens with zero attached hydrogens (tertiary/aromatic N) is 1. The molecule has 0 aliphatic rings. The molecular formula is C8H8N2O4. The molecule has 0 heterocycles. The van der Waals surface area contributed by atoms with Crippen LogP contribution in [0.25, 0.3) is 0 Å². The monoisotopic (exact) mass is 196 g/mol. The van der Waals surface area contributed by atoms with Crippen LogP contribution in [0, 0.1) is 10.1 Å². The maximum atomic E-state index is 10.6. The minimum Gasteiger partial charge on any atom is -0.476 e. The van der Waals surface area contributed by atoms with E-state index in [-0.39, 0.29) is 5.56 Å². The normalized spacial score (nSPS) is 12.0. The Morgan fingerprint density at radius 3 is 2.29 bits per heavy atom. The summed E-state index contributed by atoms with van der Waals surface area (Å²) in [6.45, 7) is 0. The molecule has 14 heavy (non-hydrogen) atoms. The zero-order valence-corrected chi connectivity index (χ0v) is 7.08. The van der Waals surface area contributed by atoms with Crippen LogP contribution in [0.2, 0.25) is 0 Å². The predicted molar refractivity (Wildman–Crippen MR) is 48.2 cm³/mol. The van der Waals surface area contributed by atoms with Gasteiger partial charge in [-0.25, -0.2) is 4.79 Å². The molecule has 0 amide bonds. The van der Waals surface area contributed by atoms with Crippen molar-refractivity contribution >= 4 is 11.7 Å². The van der Waals surface area contributed by atoms with E-state index in [1.807, 2.05) is 0 Å². The standard InChI is InChI=1S/C8H8N2O4/c9-6-3-1-5(2-4-6)7(8(11)12)10(13)14/h1-4,7H,9H2,(H,11,12). The summed E-state index contributed by atoms with van der Waals surface area (Å²) >= 11 is 0. The van der Waals surface area contributed by atoms with Gasteiger partial charge in [-0.15, -0.1) is 0 Å². The van der Waals surface area contributed by atoms with Crippen molar-refractivity contribution in [3.63, 3.8) is 0 Å². The van der Waals surface area contributed by atoms with E-state index in [2.05, 4.69) is 0 Å². The topological polar surface area (TPSA) is 106 Å². The van der Waals surface area contributed by atoms with Gasteiger partial charge in [-0.2, -0.15) is 0 Å². The number of hydrogen-bond donors (Lipinski definition) is 2. The Morgan fingerprint density at radius 1 is 1.43 bits per heavy atom. The molecule has 0 fully saturated rings. The summed E-state index contributed by atoms with van der Waals surface area (Å²) in [4.78, 5) is 20.1. The summed E-state index contributed by atoms with van der Waals surface area (Å²) < 4.78 is 0. The van der Waals surface area contributed by atoms with Crippen molar-refractivity contribution in [1.82, 2.24) is 0 Å². The number of carboxylic acid groups (broad SMARTS) is 1. The van der Waals surface area contributed by atoms with Crippen molar-refractivity contribution in [2.45, 2.75) is 6.04 Å². The van der Waals surface area contributed by atoms with Gasteiger partial charge >= 0.3 is 12.0 Å². The van der Waals surface area contributed by atoms with Crippen LogP contribution < -0.4 is 5.73 Å². The van der Waals surface area contributed by atoms with Gasteiger partial charge in [0.1, 0.15) is 0 Å². The fraction of sp³-hybridized carbons (Fsp3) is 0.125. The first-order valence-electron chi connectivity index (χ1n) is 3.74. The van der Waals surface area contributed by atoms with Gasteiger partial charge in [-0.05, 0) is 24.3 Å². The van der Waals surface area contributed by atoms with E-state index in [1.165, 1.54) is 24.3 Å². The van der Waals surface area contributed by atoms with E-state index in [0.717, 1.165) is 0 Å². The van der Waals surface area contributed by atoms with E-state index >= 15 is 0 Å². The van der Waals surface area contributed by atoms with E-state index in [0.29, 0.717) is 5.69 Å². The van der Waals surface area contributed by atoms with Gasteiger partial charge in [0.05, 0.1) is 0 Å². The molecule has 0 spiro atoms. The molecule has 74 valence electrons. The minimum atomic E-state index is -1.73. The van der Waals surface area contributed by atoms with Crippen LogP contribution >= 0.6 is 0 Å². The summed E-state index contributed by atoms with van der Waals surface area (Å²) in [5, 5.41) is 19.0. The lowest BCUT2D eigenvalue weighted by Gasteiger charge is -2.04. The molecule has 0 radical (unpaired) electrons. The molecular weight excluding hydrogens is 188 g/mol. The largest absolute Gasteiger partial charge is 0.476 e. The lowest BCUT2D eigenvalue weighted by atomic mass is 10.1. The van der Waals surface area contributed by atoms with Gasteiger partial charge in [0, 0.05) is 16.2 Å². The second kappa shape index (κ2) is 3.73. The Bertz CT molecular complexity index is 346. The van der Waals surface area contributed by atoms with Gasteiger partial charge < -0.3 is 10.8 Å². The highest BCUT2D eigenvalue weighted by Gasteiger charge is 2.31. The third-order valence-corrected chi connectivity index (χ3v) is 1.70. The Kier molecular flexibility index (Phi) is 2.66. The van der Waals surface area contributed by atoms with Crippen LogP contribution in [0.1, 0.15) is 11.6 Å². The van der Waals surface area contributed by atoms with E-state index in [4.69, 9.17) is 10.8 Å². The van der Waals surface area contributed by atoms with Crippen molar-refractivity contribution in [2.75, 3.05) is 5.73 Å². The van der Waals surface area contributed by atoms with Gasteiger partial charge in [0.2, 0.25) is 0 Å². The molecule has 1 aromatic rings. The third-order valence-electron chi connectivity index (χ3n) is 1.70. The molecule has 1 atom stereocenters. The number of nitrogens with two attached hydrogens (primary N) is 1. The molecule has 1 rings (SSSR count). The van der Waals surface area contributed by atoms with E-state index in [1.54, 1.807) is 0 Å². The Hall–Kier alpha value is -2.11. The molecule has 1 unspecified atom stereocenters. The van der Waals surface area contributed by atoms with Gasteiger partial charge in [0.15, 0.2) is 0 Å². The van der Waals surface area contributed by atoms with Gasteiger partial charge in [-0.1, -0.05) is 0 Å². The van der Waals surface area contributed by atoms with Gasteiger partial charge in [-0.3, -0.25) is 10.1 Å². The van der Waals surface area contributed by atoms with Crippen LogP contribution in [0.4, 0.5) is 5.69 Å².